The van der Waals surface area contributed by atoms with Crippen LogP contribution in [0.15, 0.2) is 60.7 Å². The lowest BCUT2D eigenvalue weighted by Gasteiger charge is -2.24. The molecule has 0 aliphatic carbocycles. The predicted molar refractivity (Wildman–Crippen MR) is 104 cm³/mol. The number of hydrogen-bond acceptors (Lipinski definition) is 4. The van der Waals surface area contributed by atoms with Gasteiger partial charge < -0.3 is 14.8 Å². The van der Waals surface area contributed by atoms with Gasteiger partial charge in [-0.05, 0) is 38.3 Å². The van der Waals surface area contributed by atoms with Crippen LogP contribution in [0.1, 0.15) is 44.4 Å². The van der Waals surface area contributed by atoms with Crippen molar-refractivity contribution in [3.63, 3.8) is 0 Å². The summed E-state index contributed by atoms with van der Waals surface area (Å²) in [6, 6.07) is 18.0. The van der Waals surface area contributed by atoms with Crippen LogP contribution < -0.4 is 5.32 Å². The molecule has 2 rings (SSSR count). The largest absolute Gasteiger partial charge is 0.451 e. The van der Waals surface area contributed by atoms with Gasteiger partial charge in [0.1, 0.15) is 11.6 Å². The van der Waals surface area contributed by atoms with Gasteiger partial charge in [0, 0.05) is 0 Å². The lowest BCUT2D eigenvalue weighted by Crippen LogP contribution is -2.44. The van der Waals surface area contributed by atoms with Crippen LogP contribution >= 0.6 is 0 Å². The molecule has 0 heterocycles. The van der Waals surface area contributed by atoms with E-state index in [-0.39, 0.29) is 6.42 Å². The summed E-state index contributed by atoms with van der Waals surface area (Å²) in [5.41, 5.74) is 1.03. The molecule has 5 heteroatoms. The van der Waals surface area contributed by atoms with Gasteiger partial charge in [-0.15, -0.1) is 0 Å². The number of carbonyl (C=O) groups is 2. The summed E-state index contributed by atoms with van der Waals surface area (Å²) < 4.78 is 11.0. The number of benzene rings is 2. The summed E-state index contributed by atoms with van der Waals surface area (Å²) in [5.74, 6) is -0.562. The van der Waals surface area contributed by atoms with Crippen molar-refractivity contribution in [2.24, 2.45) is 0 Å². The Labute approximate surface area is 160 Å². The van der Waals surface area contributed by atoms with Crippen molar-refractivity contribution in [1.29, 1.82) is 0 Å². The van der Waals surface area contributed by atoms with Crippen molar-refractivity contribution in [1.82, 2.24) is 5.32 Å². The van der Waals surface area contributed by atoms with E-state index in [4.69, 9.17) is 9.47 Å². The molecular weight excluding hydrogens is 342 g/mol. The summed E-state index contributed by atoms with van der Waals surface area (Å²) in [6.45, 7) is 9.00. The second-order valence-electron chi connectivity index (χ2n) is 7.13. The van der Waals surface area contributed by atoms with Crippen LogP contribution in [-0.4, -0.2) is 23.7 Å². The molecule has 0 bridgehead atoms. The van der Waals surface area contributed by atoms with Crippen molar-refractivity contribution >= 4 is 12.1 Å². The van der Waals surface area contributed by atoms with Crippen LogP contribution in [0.5, 0.6) is 0 Å². The third-order valence-corrected chi connectivity index (χ3v) is 3.70. The van der Waals surface area contributed by atoms with E-state index in [2.05, 4.69) is 12.2 Å². The monoisotopic (exact) mass is 368 g/mol. The van der Waals surface area contributed by atoms with Gasteiger partial charge in [-0.1, -0.05) is 67.6 Å². The molecule has 2 aromatic rings. The first kappa shape index (κ1) is 20.5. The summed E-state index contributed by atoms with van der Waals surface area (Å²) in [5, 5.41) is 2.53. The average molecular weight is 368 g/mol. The fourth-order valence-electron chi connectivity index (χ4n) is 2.48. The maximum atomic E-state index is 12.7. The van der Waals surface area contributed by atoms with Crippen LogP contribution in [0.4, 0.5) is 4.79 Å². The molecule has 1 amide bonds. The highest BCUT2D eigenvalue weighted by Crippen LogP contribution is 2.26. The zero-order valence-corrected chi connectivity index (χ0v) is 16.0. The summed E-state index contributed by atoms with van der Waals surface area (Å²) in [6.07, 6.45) is -1.10. The fourth-order valence-corrected chi connectivity index (χ4v) is 2.48. The van der Waals surface area contributed by atoms with E-state index in [1.807, 2.05) is 60.7 Å². The van der Waals surface area contributed by atoms with E-state index in [1.54, 1.807) is 20.8 Å². The van der Waals surface area contributed by atoms with Crippen molar-refractivity contribution in [2.75, 3.05) is 0 Å². The standard InChI is InChI=1S/C22H26NO4/c1-5-18(23-21(25)27-22(2,3)4)20(24)26-19(16-12-8-6-9-13-16)17-14-10-7-11-15-17/h6-15,18-19H,1,5H2,2-4H3,(H,23,25). The summed E-state index contributed by atoms with van der Waals surface area (Å²) in [7, 11) is 0. The Morgan fingerprint density at radius 2 is 1.44 bits per heavy atom. The minimum absolute atomic E-state index is 0.147. The SMILES string of the molecule is [CH2]CC(NC(=O)OC(C)(C)C)C(=O)OC(c1ccccc1)c1ccccc1. The van der Waals surface area contributed by atoms with E-state index in [9.17, 15) is 9.59 Å². The zero-order valence-electron chi connectivity index (χ0n) is 16.0. The maximum Gasteiger partial charge on any atom is 0.408 e. The number of hydrogen-bond donors (Lipinski definition) is 1. The van der Waals surface area contributed by atoms with Gasteiger partial charge >= 0.3 is 12.1 Å². The van der Waals surface area contributed by atoms with Crippen LogP contribution in [0.3, 0.4) is 0 Å². The number of amides is 1. The molecule has 143 valence electrons. The number of esters is 1. The Kier molecular flexibility index (Phi) is 6.99. The highest BCUT2D eigenvalue weighted by molar-refractivity contribution is 5.81. The first-order chi connectivity index (χ1) is 12.8. The second-order valence-corrected chi connectivity index (χ2v) is 7.13. The molecule has 5 nitrogen and oxygen atoms in total. The minimum Gasteiger partial charge on any atom is -0.451 e. The number of ether oxygens (including phenoxy) is 2. The van der Waals surface area contributed by atoms with Crippen LogP contribution in [-0.2, 0) is 14.3 Å². The molecule has 0 aliphatic rings. The van der Waals surface area contributed by atoms with Crippen LogP contribution in [0.25, 0.3) is 0 Å². The Morgan fingerprint density at radius 1 is 0.963 bits per heavy atom. The molecule has 1 N–H and O–H groups in total. The minimum atomic E-state index is -0.894. The lowest BCUT2D eigenvalue weighted by molar-refractivity contribution is -0.150. The highest BCUT2D eigenvalue weighted by Gasteiger charge is 2.27. The van der Waals surface area contributed by atoms with Gasteiger partial charge in [0.15, 0.2) is 6.10 Å². The molecule has 0 aromatic heterocycles. The van der Waals surface area contributed by atoms with Gasteiger partial charge in [-0.3, -0.25) is 0 Å². The number of rotatable bonds is 6. The third kappa shape index (κ3) is 6.44. The molecule has 1 atom stereocenters. The molecular formula is C22H26NO4. The smallest absolute Gasteiger partial charge is 0.408 e. The first-order valence-electron chi connectivity index (χ1n) is 8.89. The van der Waals surface area contributed by atoms with Crippen molar-refractivity contribution < 1.29 is 19.1 Å². The number of nitrogens with one attached hydrogen (secondary N) is 1. The van der Waals surface area contributed by atoms with Gasteiger partial charge in [0.2, 0.25) is 0 Å². The zero-order chi connectivity index (χ0) is 19.9. The average Bonchev–Trinajstić information content (AvgIpc) is 2.64. The number of alkyl carbamates (subject to hydrolysis) is 1. The van der Waals surface area contributed by atoms with Gasteiger partial charge in [-0.2, -0.15) is 0 Å². The van der Waals surface area contributed by atoms with E-state index < -0.39 is 29.8 Å². The highest BCUT2D eigenvalue weighted by atomic mass is 16.6. The predicted octanol–water partition coefficient (Wildman–Crippen LogP) is 4.44. The summed E-state index contributed by atoms with van der Waals surface area (Å²) >= 11 is 0. The van der Waals surface area contributed by atoms with Crippen molar-refractivity contribution in [2.45, 2.75) is 44.9 Å². The third-order valence-electron chi connectivity index (χ3n) is 3.70. The molecule has 0 fully saturated rings. The Bertz CT molecular complexity index is 698. The van der Waals surface area contributed by atoms with Crippen LogP contribution in [0.2, 0.25) is 0 Å². The van der Waals surface area contributed by atoms with E-state index in [0.717, 1.165) is 11.1 Å². The van der Waals surface area contributed by atoms with Gasteiger partial charge in [0.05, 0.1) is 0 Å². The Hall–Kier alpha value is -2.82. The molecule has 0 saturated heterocycles. The number of carbonyl (C=O) groups excluding carboxylic acids is 2. The maximum absolute atomic E-state index is 12.7. The molecule has 2 aromatic carbocycles. The first-order valence-corrected chi connectivity index (χ1v) is 8.89. The van der Waals surface area contributed by atoms with Crippen LogP contribution in [0, 0.1) is 6.92 Å². The normalized spacial score (nSPS) is 12.3. The molecule has 0 aliphatic heterocycles. The lowest BCUT2D eigenvalue weighted by atomic mass is 10.0. The quantitative estimate of drug-likeness (QED) is 0.766. The van der Waals surface area contributed by atoms with Crippen molar-refractivity contribution in [3.8, 4) is 0 Å². The molecule has 0 saturated carbocycles. The Balaban J connectivity index is 2.16. The molecule has 0 spiro atoms. The second kappa shape index (κ2) is 9.21. The molecule has 1 unspecified atom stereocenters. The summed E-state index contributed by atoms with van der Waals surface area (Å²) in [4.78, 5) is 24.7. The van der Waals surface area contributed by atoms with Crippen molar-refractivity contribution in [3.05, 3.63) is 78.7 Å². The van der Waals surface area contributed by atoms with E-state index in [1.165, 1.54) is 0 Å². The fraction of sp³-hybridized carbons (Fsp3) is 0.318. The van der Waals surface area contributed by atoms with Gasteiger partial charge in [-0.25, -0.2) is 9.59 Å². The van der Waals surface area contributed by atoms with E-state index >= 15 is 0 Å². The molecule has 1 radical (unpaired) electrons. The topological polar surface area (TPSA) is 64.6 Å². The van der Waals surface area contributed by atoms with Gasteiger partial charge in [0.25, 0.3) is 0 Å². The van der Waals surface area contributed by atoms with E-state index in [0.29, 0.717) is 0 Å². The molecule has 27 heavy (non-hydrogen) atoms. The Morgan fingerprint density at radius 3 is 1.85 bits per heavy atom.